The van der Waals surface area contributed by atoms with Crippen molar-refractivity contribution in [3.05, 3.63) is 248 Å². The Labute approximate surface area is 390 Å². The van der Waals surface area contributed by atoms with Crippen molar-refractivity contribution in [2.24, 2.45) is 0 Å². The second kappa shape index (κ2) is 17.3. The van der Waals surface area contributed by atoms with Gasteiger partial charge in [-0.2, -0.15) is 0 Å². The first-order valence-corrected chi connectivity index (χ1v) is 23.0. The van der Waals surface area contributed by atoms with Crippen molar-refractivity contribution in [2.75, 3.05) is 0 Å². The zero-order chi connectivity index (χ0) is 44.5. The van der Waals surface area contributed by atoms with E-state index in [-0.39, 0.29) is 0 Å². The standard InChI is InChI=1S/C63H44N4/c1-6-19-43(20-7-1)47-35-36-60-55(41-47)62-54(31-17-34-61(62)67(60)53-29-14-5-15-30-53)48-27-16-28-49(37-48)58-42-59(66-63(65-58)46-25-12-4-13-26-46)57-33-18-32-56(64-57)52-39-50(44-21-8-2-9-22-44)38-51(40-52)45-23-10-3-11-24-45/h1-10,12-23,25-42H,11,24H2. The Balaban J connectivity index is 0.998. The van der Waals surface area contributed by atoms with E-state index in [0.717, 1.165) is 74.6 Å². The van der Waals surface area contributed by atoms with Crippen LogP contribution in [0.3, 0.4) is 0 Å². The van der Waals surface area contributed by atoms with Crippen molar-refractivity contribution in [3.8, 4) is 84.4 Å². The minimum absolute atomic E-state index is 0.651. The Morgan fingerprint density at radius 1 is 0.358 bits per heavy atom. The average molecular weight is 857 g/mol. The molecular formula is C63H44N4. The van der Waals surface area contributed by atoms with Gasteiger partial charge in [-0.05, 0) is 130 Å². The number of hydrogen-bond donors (Lipinski definition) is 0. The van der Waals surface area contributed by atoms with Crippen LogP contribution in [0.2, 0.25) is 0 Å². The quantitative estimate of drug-likeness (QED) is 0.145. The van der Waals surface area contributed by atoms with E-state index in [0.29, 0.717) is 5.82 Å². The summed E-state index contributed by atoms with van der Waals surface area (Å²) in [5.74, 6) is 0.651. The van der Waals surface area contributed by atoms with Crippen molar-refractivity contribution in [3.63, 3.8) is 0 Å². The fourth-order valence-electron chi connectivity index (χ4n) is 9.60. The molecule has 3 heterocycles. The zero-order valence-electron chi connectivity index (χ0n) is 36.8. The lowest BCUT2D eigenvalue weighted by Gasteiger charge is -2.15. The van der Waals surface area contributed by atoms with Gasteiger partial charge in [0.05, 0.1) is 33.8 Å². The number of fused-ring (bicyclic) bond motifs is 3. The molecule has 1 aliphatic carbocycles. The normalized spacial score (nSPS) is 12.4. The van der Waals surface area contributed by atoms with Gasteiger partial charge in [0.15, 0.2) is 5.82 Å². The molecule has 0 fully saturated rings. The van der Waals surface area contributed by atoms with Crippen LogP contribution in [0.5, 0.6) is 0 Å². The van der Waals surface area contributed by atoms with E-state index < -0.39 is 0 Å². The monoisotopic (exact) mass is 856 g/mol. The van der Waals surface area contributed by atoms with Crippen molar-refractivity contribution >= 4 is 27.4 Å². The number of allylic oxidation sites excluding steroid dienone is 4. The molecule has 0 spiro atoms. The topological polar surface area (TPSA) is 43.6 Å². The molecule has 0 saturated carbocycles. The van der Waals surface area contributed by atoms with E-state index in [2.05, 4.69) is 229 Å². The Morgan fingerprint density at radius 2 is 0.970 bits per heavy atom. The maximum absolute atomic E-state index is 5.36. The van der Waals surface area contributed by atoms with Gasteiger partial charge < -0.3 is 4.57 Å². The lowest BCUT2D eigenvalue weighted by Crippen LogP contribution is -1.98. The van der Waals surface area contributed by atoms with Gasteiger partial charge in [-0.3, -0.25) is 0 Å². The van der Waals surface area contributed by atoms with Crippen LogP contribution in [0.1, 0.15) is 18.4 Å². The van der Waals surface area contributed by atoms with E-state index in [1.807, 2.05) is 18.2 Å². The molecular weight excluding hydrogens is 813 g/mol. The van der Waals surface area contributed by atoms with Crippen LogP contribution in [0.15, 0.2) is 243 Å². The number of para-hydroxylation sites is 1. The molecule has 0 saturated heterocycles. The van der Waals surface area contributed by atoms with Crippen LogP contribution in [-0.4, -0.2) is 19.5 Å². The molecule has 0 bridgehead atoms. The maximum Gasteiger partial charge on any atom is 0.160 e. The molecule has 0 N–H and O–H groups in total. The largest absolute Gasteiger partial charge is 0.309 e. The third kappa shape index (κ3) is 7.75. The van der Waals surface area contributed by atoms with E-state index in [4.69, 9.17) is 15.0 Å². The summed E-state index contributed by atoms with van der Waals surface area (Å²) in [5.41, 5.74) is 19.3. The van der Waals surface area contributed by atoms with Crippen LogP contribution in [0, 0.1) is 0 Å². The highest BCUT2D eigenvalue weighted by molar-refractivity contribution is 6.16. The maximum atomic E-state index is 5.36. The van der Waals surface area contributed by atoms with E-state index in [1.54, 1.807) is 0 Å². The predicted octanol–water partition coefficient (Wildman–Crippen LogP) is 16.4. The van der Waals surface area contributed by atoms with E-state index in [1.165, 1.54) is 49.7 Å². The van der Waals surface area contributed by atoms with Gasteiger partial charge in [-0.15, -0.1) is 0 Å². The number of aromatic nitrogens is 4. The van der Waals surface area contributed by atoms with E-state index >= 15 is 0 Å². The highest BCUT2D eigenvalue weighted by Crippen LogP contribution is 2.41. The zero-order valence-corrected chi connectivity index (χ0v) is 36.8. The Bertz CT molecular complexity index is 3660. The highest BCUT2D eigenvalue weighted by atomic mass is 15.0. The second-order valence-corrected chi connectivity index (χ2v) is 17.1. The SMILES string of the molecule is C1=CCCC(c2cc(-c3ccccc3)cc(-c3cccc(-c4cc(-c5cccc(-c6cccc7c6c6cc(-c8ccccc8)ccc6n7-c6ccccc6)c5)nc(-c5ccccc5)n4)n3)c2)=C1. The summed E-state index contributed by atoms with van der Waals surface area (Å²) < 4.78 is 2.39. The summed E-state index contributed by atoms with van der Waals surface area (Å²) in [6.45, 7) is 0. The molecule has 12 rings (SSSR count). The first-order chi connectivity index (χ1) is 33.2. The molecule has 316 valence electrons. The van der Waals surface area contributed by atoms with Crippen LogP contribution in [-0.2, 0) is 0 Å². The number of hydrogen-bond acceptors (Lipinski definition) is 3. The van der Waals surface area contributed by atoms with Gasteiger partial charge >= 0.3 is 0 Å². The van der Waals surface area contributed by atoms with Crippen molar-refractivity contribution < 1.29 is 0 Å². The van der Waals surface area contributed by atoms with Crippen LogP contribution in [0.4, 0.5) is 0 Å². The van der Waals surface area contributed by atoms with Gasteiger partial charge in [-0.25, -0.2) is 15.0 Å². The van der Waals surface area contributed by atoms with Crippen LogP contribution < -0.4 is 0 Å². The van der Waals surface area contributed by atoms with Crippen molar-refractivity contribution in [1.29, 1.82) is 0 Å². The second-order valence-electron chi connectivity index (χ2n) is 17.1. The molecule has 1 aliphatic rings. The molecule has 67 heavy (non-hydrogen) atoms. The van der Waals surface area contributed by atoms with Gasteiger partial charge in [0.2, 0.25) is 0 Å². The molecule has 0 radical (unpaired) electrons. The number of benzene rings is 8. The van der Waals surface area contributed by atoms with Crippen LogP contribution >= 0.6 is 0 Å². The molecule has 11 aromatic rings. The Hall–Kier alpha value is -8.73. The minimum Gasteiger partial charge on any atom is -0.309 e. The fourth-order valence-corrected chi connectivity index (χ4v) is 9.60. The molecule has 3 aromatic heterocycles. The summed E-state index contributed by atoms with van der Waals surface area (Å²) in [7, 11) is 0. The predicted molar refractivity (Wildman–Crippen MR) is 279 cm³/mol. The lowest BCUT2D eigenvalue weighted by atomic mass is 9.91. The molecule has 0 atom stereocenters. The van der Waals surface area contributed by atoms with Gasteiger partial charge in [0.25, 0.3) is 0 Å². The summed E-state index contributed by atoms with van der Waals surface area (Å²) in [5, 5.41) is 2.41. The lowest BCUT2D eigenvalue weighted by molar-refractivity contribution is 1.05. The number of rotatable bonds is 9. The summed E-state index contributed by atoms with van der Waals surface area (Å²) >= 11 is 0. The Kier molecular flexibility index (Phi) is 10.3. The number of pyridine rings is 1. The van der Waals surface area contributed by atoms with Gasteiger partial charge in [-0.1, -0.05) is 170 Å². The summed E-state index contributed by atoms with van der Waals surface area (Å²) in [4.78, 5) is 15.8. The minimum atomic E-state index is 0.651. The number of nitrogens with zero attached hydrogens (tertiary/aromatic N) is 4. The average Bonchev–Trinajstić information content (AvgIpc) is 3.76. The summed E-state index contributed by atoms with van der Waals surface area (Å²) in [6.07, 6.45) is 8.70. The van der Waals surface area contributed by atoms with E-state index in [9.17, 15) is 0 Å². The first kappa shape index (κ1) is 39.8. The van der Waals surface area contributed by atoms with Gasteiger partial charge in [0, 0.05) is 33.2 Å². The molecule has 0 aliphatic heterocycles. The highest BCUT2D eigenvalue weighted by Gasteiger charge is 2.19. The molecule has 4 heteroatoms. The third-order valence-electron chi connectivity index (χ3n) is 12.9. The van der Waals surface area contributed by atoms with Crippen molar-refractivity contribution in [1.82, 2.24) is 19.5 Å². The smallest absolute Gasteiger partial charge is 0.160 e. The first-order valence-electron chi connectivity index (χ1n) is 23.0. The van der Waals surface area contributed by atoms with Crippen LogP contribution in [0.25, 0.3) is 112 Å². The Morgan fingerprint density at radius 3 is 1.73 bits per heavy atom. The summed E-state index contributed by atoms with van der Waals surface area (Å²) in [6, 6.07) is 79.7. The molecule has 4 nitrogen and oxygen atoms in total. The third-order valence-corrected chi connectivity index (χ3v) is 12.9. The molecule has 8 aromatic carbocycles. The van der Waals surface area contributed by atoms with Gasteiger partial charge in [0.1, 0.15) is 0 Å². The molecule has 0 amide bonds. The molecule has 0 unspecified atom stereocenters. The fraction of sp³-hybridized carbons (Fsp3) is 0.0317. The van der Waals surface area contributed by atoms with Crippen molar-refractivity contribution in [2.45, 2.75) is 12.8 Å².